The van der Waals surface area contributed by atoms with E-state index in [1.54, 1.807) is 12.3 Å². The fraction of sp³-hybridized carbons (Fsp3) is 0.368. The Kier molecular flexibility index (Phi) is 3.84. The van der Waals surface area contributed by atoms with E-state index in [1.165, 1.54) is 5.56 Å². The number of H-pyrrole nitrogens is 1. The molecule has 5 heteroatoms. The highest BCUT2D eigenvalue weighted by Crippen LogP contribution is 2.27. The van der Waals surface area contributed by atoms with Crippen LogP contribution in [0.4, 0.5) is 5.69 Å². The molecular formula is C19H21N3O2. The number of amides is 1. The molecule has 3 heterocycles. The van der Waals surface area contributed by atoms with Crippen LogP contribution in [0.5, 0.6) is 0 Å². The Morgan fingerprint density at radius 2 is 1.88 bits per heavy atom. The lowest BCUT2D eigenvalue weighted by Gasteiger charge is -2.17. The van der Waals surface area contributed by atoms with Crippen molar-refractivity contribution in [3.63, 3.8) is 0 Å². The first-order chi connectivity index (χ1) is 11.7. The Morgan fingerprint density at radius 1 is 1.08 bits per heavy atom. The second kappa shape index (κ2) is 6.15. The summed E-state index contributed by atoms with van der Waals surface area (Å²) < 4.78 is 0. The van der Waals surface area contributed by atoms with E-state index in [9.17, 15) is 9.59 Å². The fourth-order valence-corrected chi connectivity index (χ4v) is 3.60. The van der Waals surface area contributed by atoms with Crippen molar-refractivity contribution in [1.82, 2.24) is 9.88 Å². The molecule has 0 saturated carbocycles. The number of para-hydroxylation sites is 1. The van der Waals surface area contributed by atoms with Crippen LogP contribution in [0, 0.1) is 0 Å². The summed E-state index contributed by atoms with van der Waals surface area (Å²) in [4.78, 5) is 31.9. The van der Waals surface area contributed by atoms with Crippen LogP contribution < -0.4 is 4.90 Å². The first kappa shape index (κ1) is 15.0. The Morgan fingerprint density at radius 3 is 2.71 bits per heavy atom. The van der Waals surface area contributed by atoms with Gasteiger partial charge in [-0.25, -0.2) is 0 Å². The molecule has 0 atom stereocenters. The molecule has 0 bridgehead atoms. The quantitative estimate of drug-likeness (QED) is 0.880. The lowest BCUT2D eigenvalue weighted by Crippen LogP contribution is -2.28. The minimum absolute atomic E-state index is 0.00179. The molecule has 2 aliphatic rings. The molecule has 4 rings (SSSR count). The molecular weight excluding hydrogens is 302 g/mol. The number of nitrogens with zero attached hydrogens (tertiary/aromatic N) is 2. The maximum atomic E-state index is 12.6. The van der Waals surface area contributed by atoms with Crippen molar-refractivity contribution >= 4 is 17.4 Å². The first-order valence-corrected chi connectivity index (χ1v) is 8.56. The average molecular weight is 323 g/mol. The topological polar surface area (TPSA) is 56.4 Å². The standard InChI is InChI=1S/C19H21N3O2/c23-18(13-22-10-7-14-5-1-2-6-17(14)22)15-11-16(20-12-15)19(24)21-8-3-4-9-21/h1-2,5-6,11-12,20H,3-4,7-10,13H2. The van der Waals surface area contributed by atoms with Crippen molar-refractivity contribution in [3.05, 3.63) is 53.3 Å². The van der Waals surface area contributed by atoms with Crippen molar-refractivity contribution < 1.29 is 9.59 Å². The largest absolute Gasteiger partial charge is 0.363 e. The minimum atomic E-state index is -0.00179. The van der Waals surface area contributed by atoms with E-state index in [0.717, 1.165) is 44.6 Å². The second-order valence-electron chi connectivity index (χ2n) is 6.52. The van der Waals surface area contributed by atoms with Crippen LogP contribution in [0.25, 0.3) is 0 Å². The number of aromatic amines is 1. The zero-order valence-electron chi connectivity index (χ0n) is 13.6. The molecule has 24 heavy (non-hydrogen) atoms. The number of aromatic nitrogens is 1. The molecule has 0 aliphatic carbocycles. The van der Waals surface area contributed by atoms with E-state index >= 15 is 0 Å². The third-order valence-corrected chi connectivity index (χ3v) is 4.95. The zero-order chi connectivity index (χ0) is 16.5. The number of carbonyl (C=O) groups is 2. The van der Waals surface area contributed by atoms with Crippen molar-refractivity contribution in [1.29, 1.82) is 0 Å². The van der Waals surface area contributed by atoms with E-state index in [0.29, 0.717) is 17.8 Å². The highest BCUT2D eigenvalue weighted by atomic mass is 16.2. The predicted octanol–water partition coefficient (Wildman–Crippen LogP) is 2.50. The molecule has 0 unspecified atom stereocenters. The molecule has 2 aliphatic heterocycles. The molecule has 1 saturated heterocycles. The van der Waals surface area contributed by atoms with Gasteiger partial charge in [-0.05, 0) is 37.0 Å². The summed E-state index contributed by atoms with van der Waals surface area (Å²) in [5.74, 6) is 0.0430. The minimum Gasteiger partial charge on any atom is -0.363 e. The van der Waals surface area contributed by atoms with E-state index < -0.39 is 0 Å². The first-order valence-electron chi connectivity index (χ1n) is 8.56. The molecule has 0 spiro atoms. The lowest BCUT2D eigenvalue weighted by atomic mass is 10.1. The summed E-state index contributed by atoms with van der Waals surface area (Å²) in [6.45, 7) is 2.85. The number of ketones is 1. The van der Waals surface area contributed by atoms with Gasteiger partial charge in [-0.3, -0.25) is 9.59 Å². The van der Waals surface area contributed by atoms with Crippen LogP contribution in [-0.4, -0.2) is 47.8 Å². The summed E-state index contributed by atoms with van der Waals surface area (Å²) in [5, 5.41) is 0. The van der Waals surface area contributed by atoms with Crippen LogP contribution in [0.2, 0.25) is 0 Å². The normalized spacial score (nSPS) is 16.5. The van der Waals surface area contributed by atoms with Crippen LogP contribution in [0.15, 0.2) is 36.5 Å². The van der Waals surface area contributed by atoms with E-state index in [1.807, 2.05) is 17.0 Å². The number of likely N-dealkylation sites (tertiary alicyclic amines) is 1. The number of benzene rings is 1. The zero-order valence-corrected chi connectivity index (χ0v) is 13.6. The summed E-state index contributed by atoms with van der Waals surface area (Å²) in [6.07, 6.45) is 4.77. The van der Waals surface area contributed by atoms with Crippen molar-refractivity contribution in [2.24, 2.45) is 0 Å². The van der Waals surface area contributed by atoms with E-state index in [-0.39, 0.29) is 11.7 Å². The van der Waals surface area contributed by atoms with Gasteiger partial charge in [0.15, 0.2) is 5.78 Å². The van der Waals surface area contributed by atoms with E-state index in [4.69, 9.17) is 0 Å². The van der Waals surface area contributed by atoms with Crippen LogP contribution in [0.3, 0.4) is 0 Å². The Labute approximate surface area is 141 Å². The van der Waals surface area contributed by atoms with Gasteiger partial charge in [-0.15, -0.1) is 0 Å². The van der Waals surface area contributed by atoms with Crippen molar-refractivity contribution in [2.75, 3.05) is 31.1 Å². The fourth-order valence-electron chi connectivity index (χ4n) is 3.60. The molecule has 1 amide bonds. The van der Waals surface area contributed by atoms with Gasteiger partial charge in [0.1, 0.15) is 5.69 Å². The summed E-state index contributed by atoms with van der Waals surface area (Å²) in [6, 6.07) is 9.92. The van der Waals surface area contributed by atoms with Crippen LogP contribution in [0.1, 0.15) is 39.3 Å². The maximum absolute atomic E-state index is 12.6. The van der Waals surface area contributed by atoms with Gasteiger partial charge in [0.2, 0.25) is 0 Å². The Hall–Kier alpha value is -2.56. The molecule has 124 valence electrons. The number of nitrogens with one attached hydrogen (secondary N) is 1. The summed E-state index contributed by atoms with van der Waals surface area (Å²) in [7, 11) is 0. The lowest BCUT2D eigenvalue weighted by molar-refractivity contribution is 0.0787. The monoisotopic (exact) mass is 323 g/mol. The second-order valence-corrected chi connectivity index (χ2v) is 6.52. The molecule has 1 aromatic heterocycles. The van der Waals surface area contributed by atoms with Crippen LogP contribution in [-0.2, 0) is 6.42 Å². The number of hydrogen-bond acceptors (Lipinski definition) is 3. The molecule has 5 nitrogen and oxygen atoms in total. The van der Waals surface area contributed by atoms with Gasteiger partial charge in [0.25, 0.3) is 5.91 Å². The van der Waals surface area contributed by atoms with Crippen LogP contribution >= 0.6 is 0 Å². The third kappa shape index (κ3) is 2.70. The number of hydrogen-bond donors (Lipinski definition) is 1. The van der Waals surface area contributed by atoms with Crippen molar-refractivity contribution in [2.45, 2.75) is 19.3 Å². The van der Waals surface area contributed by atoms with Crippen molar-refractivity contribution in [3.8, 4) is 0 Å². The maximum Gasteiger partial charge on any atom is 0.270 e. The summed E-state index contributed by atoms with van der Waals surface area (Å²) >= 11 is 0. The van der Waals surface area contributed by atoms with Gasteiger partial charge in [-0.1, -0.05) is 18.2 Å². The highest BCUT2D eigenvalue weighted by molar-refractivity contribution is 6.02. The molecule has 1 aromatic carbocycles. The van der Waals surface area contributed by atoms with Gasteiger partial charge in [0.05, 0.1) is 6.54 Å². The van der Waals surface area contributed by atoms with Gasteiger partial charge in [0, 0.05) is 37.1 Å². The predicted molar refractivity (Wildman–Crippen MR) is 92.6 cm³/mol. The summed E-state index contributed by atoms with van der Waals surface area (Å²) in [5.41, 5.74) is 3.54. The van der Waals surface area contributed by atoms with E-state index in [2.05, 4.69) is 22.0 Å². The Balaban J connectivity index is 1.45. The number of Topliss-reactive ketones (excluding diaryl/α,β-unsaturated/α-hetero) is 1. The molecule has 2 aromatic rings. The molecule has 0 radical (unpaired) electrons. The third-order valence-electron chi connectivity index (χ3n) is 4.95. The van der Waals surface area contributed by atoms with Gasteiger partial charge < -0.3 is 14.8 Å². The average Bonchev–Trinajstić information content (AvgIpc) is 3.35. The highest BCUT2D eigenvalue weighted by Gasteiger charge is 2.24. The smallest absolute Gasteiger partial charge is 0.270 e. The van der Waals surface area contributed by atoms with Gasteiger partial charge in [-0.2, -0.15) is 0 Å². The number of fused-ring (bicyclic) bond motifs is 1. The molecule has 1 fully saturated rings. The number of carbonyl (C=O) groups excluding carboxylic acids is 2. The Bertz CT molecular complexity index is 774. The number of anilines is 1. The molecule has 1 N–H and O–H groups in total. The van der Waals surface area contributed by atoms with Gasteiger partial charge >= 0.3 is 0 Å². The SMILES string of the molecule is O=C(CN1CCc2ccccc21)c1c[nH]c(C(=O)N2CCCC2)c1. The number of rotatable bonds is 4.